The molecule has 0 saturated heterocycles. The number of amides is 1. The van der Waals surface area contributed by atoms with Crippen LogP contribution in [-0.2, 0) is 9.53 Å². The summed E-state index contributed by atoms with van der Waals surface area (Å²) in [6, 6.07) is -0.0101. The Kier molecular flexibility index (Phi) is 6.27. The van der Waals surface area contributed by atoms with Crippen LogP contribution < -0.4 is 5.73 Å². The molecule has 0 bridgehead atoms. The van der Waals surface area contributed by atoms with E-state index in [1.807, 2.05) is 11.9 Å². The lowest BCUT2D eigenvalue weighted by atomic mass is 9.75. The van der Waals surface area contributed by atoms with Gasteiger partial charge in [0.2, 0.25) is 5.91 Å². The second-order valence-corrected chi connectivity index (χ2v) is 6.59. The van der Waals surface area contributed by atoms with E-state index in [0.717, 1.165) is 19.3 Å². The van der Waals surface area contributed by atoms with Gasteiger partial charge in [-0.25, -0.2) is 0 Å². The van der Waals surface area contributed by atoms with Gasteiger partial charge in [-0.3, -0.25) is 4.79 Å². The third kappa shape index (κ3) is 5.11. The molecule has 19 heavy (non-hydrogen) atoms. The SMILES string of the molecule is COCCCC(N)C(=O)N(C)C1CCC(C)(C)CC1. The van der Waals surface area contributed by atoms with Gasteiger partial charge in [0.25, 0.3) is 0 Å². The van der Waals surface area contributed by atoms with Crippen molar-refractivity contribution in [1.82, 2.24) is 4.90 Å². The maximum absolute atomic E-state index is 12.3. The number of nitrogens with zero attached hydrogens (tertiary/aromatic N) is 1. The first-order valence-electron chi connectivity index (χ1n) is 7.38. The molecule has 1 unspecified atom stereocenters. The van der Waals surface area contributed by atoms with Crippen molar-refractivity contribution in [3.05, 3.63) is 0 Å². The Morgan fingerprint density at radius 2 is 2.00 bits per heavy atom. The zero-order valence-corrected chi connectivity index (χ0v) is 12.9. The number of nitrogens with two attached hydrogens (primary N) is 1. The van der Waals surface area contributed by atoms with Crippen LogP contribution in [0.4, 0.5) is 0 Å². The Morgan fingerprint density at radius 1 is 1.42 bits per heavy atom. The Morgan fingerprint density at radius 3 is 2.53 bits per heavy atom. The van der Waals surface area contributed by atoms with Crippen LogP contribution in [0, 0.1) is 5.41 Å². The van der Waals surface area contributed by atoms with Gasteiger partial charge in [0.1, 0.15) is 0 Å². The standard InChI is InChI=1S/C15H30N2O2/c1-15(2)9-7-12(8-10-15)17(3)14(18)13(16)6-5-11-19-4/h12-13H,5-11,16H2,1-4H3. The van der Waals surface area contributed by atoms with Crippen molar-refractivity contribution in [3.63, 3.8) is 0 Å². The summed E-state index contributed by atoms with van der Waals surface area (Å²) in [4.78, 5) is 14.1. The highest BCUT2D eigenvalue weighted by Crippen LogP contribution is 2.36. The molecule has 4 heteroatoms. The molecule has 1 saturated carbocycles. The highest BCUT2D eigenvalue weighted by Gasteiger charge is 2.31. The van der Waals surface area contributed by atoms with E-state index in [1.54, 1.807) is 7.11 Å². The van der Waals surface area contributed by atoms with E-state index in [0.29, 0.717) is 24.5 Å². The second kappa shape index (κ2) is 7.25. The quantitative estimate of drug-likeness (QED) is 0.753. The summed E-state index contributed by atoms with van der Waals surface area (Å²) in [6.07, 6.45) is 6.12. The molecule has 2 N–H and O–H groups in total. The van der Waals surface area contributed by atoms with E-state index in [-0.39, 0.29) is 11.9 Å². The lowest BCUT2D eigenvalue weighted by Crippen LogP contribution is -2.48. The minimum Gasteiger partial charge on any atom is -0.385 e. The summed E-state index contributed by atoms with van der Waals surface area (Å²) in [5.41, 5.74) is 6.40. The molecule has 0 spiro atoms. The van der Waals surface area contributed by atoms with Crippen molar-refractivity contribution in [3.8, 4) is 0 Å². The minimum atomic E-state index is -0.380. The van der Waals surface area contributed by atoms with Gasteiger partial charge >= 0.3 is 0 Å². The van der Waals surface area contributed by atoms with E-state index in [4.69, 9.17) is 10.5 Å². The third-order valence-corrected chi connectivity index (χ3v) is 4.38. The Labute approximate surface area is 117 Å². The Balaban J connectivity index is 2.39. The van der Waals surface area contributed by atoms with Gasteiger partial charge in [-0.15, -0.1) is 0 Å². The number of hydrogen-bond acceptors (Lipinski definition) is 3. The molecule has 112 valence electrons. The predicted octanol–water partition coefficient (Wildman–Crippen LogP) is 2.17. The molecule has 0 aromatic heterocycles. The van der Waals surface area contributed by atoms with Crippen molar-refractivity contribution in [2.45, 2.75) is 64.5 Å². The lowest BCUT2D eigenvalue weighted by molar-refractivity contribution is -0.134. The van der Waals surface area contributed by atoms with E-state index >= 15 is 0 Å². The molecule has 0 radical (unpaired) electrons. The van der Waals surface area contributed by atoms with Gasteiger partial charge in [0.05, 0.1) is 6.04 Å². The molecule has 0 aromatic carbocycles. The van der Waals surface area contributed by atoms with Crippen molar-refractivity contribution in [2.24, 2.45) is 11.1 Å². The van der Waals surface area contributed by atoms with E-state index in [9.17, 15) is 4.79 Å². The zero-order chi connectivity index (χ0) is 14.5. The average Bonchev–Trinajstić information content (AvgIpc) is 2.37. The average molecular weight is 270 g/mol. The van der Waals surface area contributed by atoms with Gasteiger partial charge in [-0.1, -0.05) is 13.8 Å². The van der Waals surface area contributed by atoms with Crippen LogP contribution in [0.3, 0.4) is 0 Å². The van der Waals surface area contributed by atoms with Crippen molar-refractivity contribution in [2.75, 3.05) is 20.8 Å². The normalized spacial score (nSPS) is 21.1. The first kappa shape index (κ1) is 16.4. The van der Waals surface area contributed by atoms with Crippen LogP contribution in [0.2, 0.25) is 0 Å². The van der Waals surface area contributed by atoms with Crippen molar-refractivity contribution in [1.29, 1.82) is 0 Å². The summed E-state index contributed by atoms with van der Waals surface area (Å²) in [5, 5.41) is 0. The highest BCUT2D eigenvalue weighted by molar-refractivity contribution is 5.81. The molecule has 4 nitrogen and oxygen atoms in total. The van der Waals surface area contributed by atoms with Crippen LogP contribution in [0.1, 0.15) is 52.4 Å². The van der Waals surface area contributed by atoms with Gasteiger partial charge in [0, 0.05) is 26.8 Å². The van der Waals surface area contributed by atoms with Crippen LogP contribution >= 0.6 is 0 Å². The molecule has 1 fully saturated rings. The maximum Gasteiger partial charge on any atom is 0.239 e. The largest absolute Gasteiger partial charge is 0.385 e. The number of carbonyl (C=O) groups is 1. The van der Waals surface area contributed by atoms with Gasteiger partial charge in [0.15, 0.2) is 0 Å². The fraction of sp³-hybridized carbons (Fsp3) is 0.933. The van der Waals surface area contributed by atoms with Gasteiger partial charge < -0.3 is 15.4 Å². The molecule has 1 aliphatic carbocycles. The molecular formula is C15H30N2O2. The van der Waals surface area contributed by atoms with Crippen LogP contribution in [-0.4, -0.2) is 43.7 Å². The summed E-state index contributed by atoms with van der Waals surface area (Å²) in [5.74, 6) is 0.0841. The molecule has 0 heterocycles. The van der Waals surface area contributed by atoms with Crippen molar-refractivity contribution >= 4 is 5.91 Å². The smallest absolute Gasteiger partial charge is 0.239 e. The van der Waals surface area contributed by atoms with Crippen LogP contribution in [0.25, 0.3) is 0 Å². The van der Waals surface area contributed by atoms with E-state index in [2.05, 4.69) is 13.8 Å². The van der Waals surface area contributed by atoms with Gasteiger partial charge in [-0.05, 0) is 43.9 Å². The van der Waals surface area contributed by atoms with Gasteiger partial charge in [-0.2, -0.15) is 0 Å². The minimum absolute atomic E-state index is 0.0841. The monoisotopic (exact) mass is 270 g/mol. The number of ether oxygens (including phenoxy) is 1. The van der Waals surface area contributed by atoms with Crippen molar-refractivity contribution < 1.29 is 9.53 Å². The summed E-state index contributed by atoms with van der Waals surface area (Å²) >= 11 is 0. The maximum atomic E-state index is 12.3. The van der Waals surface area contributed by atoms with Crippen LogP contribution in [0.5, 0.6) is 0 Å². The Hall–Kier alpha value is -0.610. The number of likely N-dealkylation sites (N-methyl/N-ethyl adjacent to an activating group) is 1. The molecule has 1 aliphatic rings. The fourth-order valence-electron chi connectivity index (χ4n) is 2.78. The molecule has 1 rings (SSSR count). The first-order chi connectivity index (χ1) is 8.87. The lowest BCUT2D eigenvalue weighted by Gasteiger charge is -2.39. The number of methoxy groups -OCH3 is 1. The topological polar surface area (TPSA) is 55.6 Å². The first-order valence-corrected chi connectivity index (χ1v) is 7.38. The fourth-order valence-corrected chi connectivity index (χ4v) is 2.78. The van der Waals surface area contributed by atoms with E-state index in [1.165, 1.54) is 12.8 Å². The number of carbonyl (C=O) groups excluding carboxylic acids is 1. The molecule has 0 aliphatic heterocycles. The van der Waals surface area contributed by atoms with Crippen LogP contribution in [0.15, 0.2) is 0 Å². The molecule has 1 atom stereocenters. The predicted molar refractivity (Wildman–Crippen MR) is 77.9 cm³/mol. The summed E-state index contributed by atoms with van der Waals surface area (Å²) in [7, 11) is 3.57. The third-order valence-electron chi connectivity index (χ3n) is 4.38. The molecule has 1 amide bonds. The summed E-state index contributed by atoms with van der Waals surface area (Å²) in [6.45, 7) is 5.28. The number of hydrogen-bond donors (Lipinski definition) is 1. The molecule has 0 aromatic rings. The Bertz CT molecular complexity index is 282. The zero-order valence-electron chi connectivity index (χ0n) is 12.9. The molecular weight excluding hydrogens is 240 g/mol. The second-order valence-electron chi connectivity index (χ2n) is 6.59. The highest BCUT2D eigenvalue weighted by atomic mass is 16.5. The summed E-state index contributed by atoms with van der Waals surface area (Å²) < 4.78 is 4.99. The van der Waals surface area contributed by atoms with E-state index < -0.39 is 0 Å². The number of rotatable bonds is 6.